The molecule has 1 aliphatic carbocycles. The van der Waals surface area contributed by atoms with Gasteiger partial charge < -0.3 is 0 Å². The van der Waals surface area contributed by atoms with Crippen molar-refractivity contribution >= 4 is 15.7 Å². The molecule has 6 heteroatoms. The highest BCUT2D eigenvalue weighted by atomic mass is 32.2. The quantitative estimate of drug-likeness (QED) is 0.810. The first-order valence-electron chi connectivity index (χ1n) is 6.71. The van der Waals surface area contributed by atoms with Crippen LogP contribution in [0.3, 0.4) is 0 Å². The number of sulfonamides is 1. The Labute approximate surface area is 118 Å². The predicted octanol–water partition coefficient (Wildman–Crippen LogP) is 3.09. The van der Waals surface area contributed by atoms with E-state index in [1.165, 1.54) is 26.0 Å². The molecule has 3 nitrogen and oxygen atoms in total. The predicted molar refractivity (Wildman–Crippen MR) is 75.3 cm³/mol. The third-order valence-electron chi connectivity index (χ3n) is 3.72. The first-order chi connectivity index (χ1) is 9.30. The van der Waals surface area contributed by atoms with Crippen LogP contribution in [-0.4, -0.2) is 21.7 Å². The first-order valence-corrected chi connectivity index (χ1v) is 8.56. The molecule has 0 aromatic heterocycles. The lowest BCUT2D eigenvalue weighted by molar-refractivity contribution is 0.507. The fourth-order valence-corrected chi connectivity index (χ4v) is 2.80. The summed E-state index contributed by atoms with van der Waals surface area (Å²) in [5.41, 5.74) is 0.376. The molecule has 0 saturated heterocycles. The molecule has 0 bridgehead atoms. The Bertz CT molecular complexity index is 597. The lowest BCUT2D eigenvalue weighted by atomic mass is 10.0. The van der Waals surface area contributed by atoms with Gasteiger partial charge in [0.15, 0.2) is 11.6 Å². The average Bonchev–Trinajstić information content (AvgIpc) is 3.16. The van der Waals surface area contributed by atoms with Crippen LogP contribution < -0.4 is 4.31 Å². The highest BCUT2D eigenvalue weighted by Gasteiger charge is 2.24. The summed E-state index contributed by atoms with van der Waals surface area (Å²) in [6.45, 7) is 0. The third kappa shape index (κ3) is 3.48. The number of nitrogens with zero attached hydrogens (tertiary/aromatic N) is 1. The van der Waals surface area contributed by atoms with Crippen molar-refractivity contribution in [3.63, 3.8) is 0 Å². The molecule has 1 saturated carbocycles. The van der Waals surface area contributed by atoms with Gasteiger partial charge in [-0.2, -0.15) is 0 Å². The average molecular weight is 303 g/mol. The second kappa shape index (κ2) is 5.68. The summed E-state index contributed by atoms with van der Waals surface area (Å²) >= 11 is 0. The molecule has 2 rings (SSSR count). The summed E-state index contributed by atoms with van der Waals surface area (Å²) in [5, 5.41) is 0. The minimum Gasteiger partial charge on any atom is -0.270 e. The molecule has 0 aliphatic heterocycles. The van der Waals surface area contributed by atoms with Crippen molar-refractivity contribution in [3.05, 3.63) is 29.3 Å². The summed E-state index contributed by atoms with van der Waals surface area (Å²) in [6.07, 6.45) is 5.94. The fraction of sp³-hybridized carbons (Fsp3) is 0.571. The fourth-order valence-electron chi connectivity index (χ4n) is 2.28. The van der Waals surface area contributed by atoms with Gasteiger partial charge in [-0.15, -0.1) is 0 Å². The lowest BCUT2D eigenvalue weighted by Gasteiger charge is -2.21. The summed E-state index contributed by atoms with van der Waals surface area (Å²) < 4.78 is 51.3. The number of hydrogen-bond acceptors (Lipinski definition) is 2. The van der Waals surface area contributed by atoms with Crippen LogP contribution in [0.1, 0.15) is 31.2 Å². The normalized spacial score (nSPS) is 15.4. The first kappa shape index (κ1) is 15.2. The van der Waals surface area contributed by atoms with Gasteiger partial charge in [-0.05, 0) is 30.4 Å². The van der Waals surface area contributed by atoms with Crippen molar-refractivity contribution < 1.29 is 17.2 Å². The van der Waals surface area contributed by atoms with Gasteiger partial charge in [-0.25, -0.2) is 17.2 Å². The smallest absolute Gasteiger partial charge is 0.232 e. The molecule has 0 unspecified atom stereocenters. The van der Waals surface area contributed by atoms with Crippen LogP contribution in [0.15, 0.2) is 12.1 Å². The van der Waals surface area contributed by atoms with Crippen LogP contribution in [-0.2, 0) is 16.4 Å². The Hall–Kier alpha value is -1.17. The molecule has 1 aromatic rings. The minimum atomic E-state index is -3.62. The molecule has 1 aromatic carbocycles. The second-order valence-electron chi connectivity index (χ2n) is 5.44. The Kier molecular flexibility index (Phi) is 4.32. The van der Waals surface area contributed by atoms with Crippen LogP contribution >= 0.6 is 0 Å². The van der Waals surface area contributed by atoms with Gasteiger partial charge >= 0.3 is 0 Å². The maximum atomic E-state index is 14.0. The van der Waals surface area contributed by atoms with E-state index in [1.807, 2.05) is 0 Å². The second-order valence-corrected chi connectivity index (χ2v) is 7.45. The SMILES string of the molecule is CN(c1c(CCCC2CC2)ccc(F)c1F)S(C)(=O)=O. The molecule has 0 radical (unpaired) electrons. The number of hydrogen-bond donors (Lipinski definition) is 0. The van der Waals surface area contributed by atoms with Crippen molar-refractivity contribution in [2.75, 3.05) is 17.6 Å². The largest absolute Gasteiger partial charge is 0.270 e. The van der Waals surface area contributed by atoms with E-state index in [2.05, 4.69) is 0 Å². The zero-order valence-corrected chi connectivity index (χ0v) is 12.5. The van der Waals surface area contributed by atoms with Crippen molar-refractivity contribution in [2.24, 2.45) is 5.92 Å². The van der Waals surface area contributed by atoms with Gasteiger partial charge in [0.05, 0.1) is 11.9 Å². The Morgan fingerprint density at radius 1 is 1.30 bits per heavy atom. The van der Waals surface area contributed by atoms with Crippen molar-refractivity contribution in [1.29, 1.82) is 0 Å². The van der Waals surface area contributed by atoms with Gasteiger partial charge in [0, 0.05) is 7.05 Å². The molecule has 0 spiro atoms. The standard InChI is InChI=1S/C14H19F2NO2S/c1-17(20(2,18)19)14-11(5-3-4-10-6-7-10)8-9-12(15)13(14)16/h8-10H,3-7H2,1-2H3. The summed E-state index contributed by atoms with van der Waals surface area (Å²) in [5.74, 6) is -1.36. The Morgan fingerprint density at radius 2 is 1.95 bits per heavy atom. The maximum absolute atomic E-state index is 14.0. The van der Waals surface area contributed by atoms with Crippen LogP contribution in [0.4, 0.5) is 14.5 Å². The zero-order valence-electron chi connectivity index (χ0n) is 11.7. The molecule has 0 atom stereocenters. The molecule has 0 heterocycles. The number of anilines is 1. The van der Waals surface area contributed by atoms with Crippen LogP contribution in [0.25, 0.3) is 0 Å². The highest BCUT2D eigenvalue weighted by molar-refractivity contribution is 7.92. The molecule has 1 fully saturated rings. The van der Waals surface area contributed by atoms with E-state index < -0.39 is 21.7 Å². The van der Waals surface area contributed by atoms with E-state index in [1.54, 1.807) is 0 Å². The molecule has 112 valence electrons. The van der Waals surface area contributed by atoms with E-state index in [4.69, 9.17) is 0 Å². The topological polar surface area (TPSA) is 37.4 Å². The van der Waals surface area contributed by atoms with E-state index >= 15 is 0 Å². The Balaban J connectivity index is 2.27. The van der Waals surface area contributed by atoms with Crippen molar-refractivity contribution in [2.45, 2.75) is 32.1 Å². The van der Waals surface area contributed by atoms with E-state index in [-0.39, 0.29) is 5.69 Å². The van der Waals surface area contributed by atoms with E-state index in [0.29, 0.717) is 12.0 Å². The minimum absolute atomic E-state index is 0.164. The lowest BCUT2D eigenvalue weighted by Crippen LogP contribution is -2.27. The zero-order chi connectivity index (χ0) is 14.9. The third-order valence-corrected chi connectivity index (χ3v) is 4.90. The molecule has 0 amide bonds. The van der Waals surface area contributed by atoms with Crippen LogP contribution in [0.2, 0.25) is 0 Å². The maximum Gasteiger partial charge on any atom is 0.232 e. The van der Waals surface area contributed by atoms with Crippen LogP contribution in [0, 0.1) is 17.6 Å². The summed E-state index contributed by atoms with van der Waals surface area (Å²) in [4.78, 5) is 0. The number of halogens is 2. The number of aryl methyl sites for hydroxylation is 1. The van der Waals surface area contributed by atoms with Gasteiger partial charge in [0.2, 0.25) is 10.0 Å². The molecular formula is C14H19F2NO2S. The molecule has 1 aliphatic rings. The summed E-state index contributed by atoms with van der Waals surface area (Å²) in [7, 11) is -2.37. The number of benzene rings is 1. The van der Waals surface area contributed by atoms with Crippen molar-refractivity contribution in [1.82, 2.24) is 0 Å². The van der Waals surface area contributed by atoms with Gasteiger partial charge in [-0.1, -0.05) is 25.3 Å². The van der Waals surface area contributed by atoms with E-state index in [0.717, 1.165) is 35.4 Å². The Morgan fingerprint density at radius 3 is 2.50 bits per heavy atom. The summed E-state index contributed by atoms with van der Waals surface area (Å²) in [6, 6.07) is 2.53. The van der Waals surface area contributed by atoms with Gasteiger partial charge in [-0.3, -0.25) is 4.31 Å². The molecule has 20 heavy (non-hydrogen) atoms. The van der Waals surface area contributed by atoms with Crippen LogP contribution in [0.5, 0.6) is 0 Å². The monoisotopic (exact) mass is 303 g/mol. The molecule has 0 N–H and O–H groups in total. The van der Waals surface area contributed by atoms with Crippen molar-refractivity contribution in [3.8, 4) is 0 Å². The number of rotatable bonds is 6. The molecular weight excluding hydrogens is 284 g/mol. The van der Waals surface area contributed by atoms with E-state index in [9.17, 15) is 17.2 Å². The highest BCUT2D eigenvalue weighted by Crippen LogP contribution is 2.35. The van der Waals surface area contributed by atoms with Gasteiger partial charge in [0.1, 0.15) is 0 Å². The van der Waals surface area contributed by atoms with Gasteiger partial charge in [0.25, 0.3) is 0 Å².